The number of ether oxygens (including phenoxy) is 1. The Bertz CT molecular complexity index is 803. The molecule has 2 aromatic carbocycles. The minimum Gasteiger partial charge on any atom is -0.495 e. The smallest absolute Gasteiger partial charge is 0.227 e. The van der Waals surface area contributed by atoms with Gasteiger partial charge in [0.1, 0.15) is 5.75 Å². The molecule has 5 nitrogen and oxygen atoms in total. The maximum atomic E-state index is 13.2. The average molecular weight is 394 g/mol. The maximum Gasteiger partial charge on any atom is 0.227 e. The number of nitrogens with zero attached hydrogens (tertiary/aromatic N) is 3. The SMILES string of the molecule is COc1ccccc1N1CCN(C(=O)C2CCCN(Cc3ccccc3)C2)CC1. The summed E-state index contributed by atoms with van der Waals surface area (Å²) in [6.07, 6.45) is 2.11. The van der Waals surface area contributed by atoms with E-state index in [4.69, 9.17) is 4.74 Å². The monoisotopic (exact) mass is 393 g/mol. The van der Waals surface area contributed by atoms with E-state index in [9.17, 15) is 4.79 Å². The Labute approximate surface area is 173 Å². The van der Waals surface area contributed by atoms with Crippen molar-refractivity contribution < 1.29 is 9.53 Å². The van der Waals surface area contributed by atoms with Crippen molar-refractivity contribution in [1.29, 1.82) is 0 Å². The first kappa shape index (κ1) is 19.8. The summed E-state index contributed by atoms with van der Waals surface area (Å²) in [5.41, 5.74) is 2.44. The Morgan fingerprint density at radius 2 is 1.69 bits per heavy atom. The van der Waals surface area contributed by atoms with Gasteiger partial charge in [0, 0.05) is 39.3 Å². The number of hydrogen-bond acceptors (Lipinski definition) is 4. The van der Waals surface area contributed by atoms with Crippen LogP contribution in [-0.2, 0) is 11.3 Å². The molecule has 2 saturated heterocycles. The summed E-state index contributed by atoms with van der Waals surface area (Å²) in [5.74, 6) is 1.36. The third-order valence-corrected chi connectivity index (χ3v) is 6.12. The number of rotatable bonds is 5. The Morgan fingerprint density at radius 3 is 2.45 bits per heavy atom. The minimum atomic E-state index is 0.130. The molecule has 0 aromatic heterocycles. The Balaban J connectivity index is 1.32. The van der Waals surface area contributed by atoms with Gasteiger partial charge in [0.05, 0.1) is 18.7 Å². The molecule has 0 aliphatic carbocycles. The van der Waals surface area contributed by atoms with Crippen molar-refractivity contribution in [2.45, 2.75) is 19.4 Å². The molecule has 0 bridgehead atoms. The van der Waals surface area contributed by atoms with Crippen LogP contribution in [0.1, 0.15) is 18.4 Å². The number of piperazine rings is 1. The average Bonchev–Trinajstić information content (AvgIpc) is 2.79. The zero-order valence-corrected chi connectivity index (χ0v) is 17.3. The molecular formula is C24H31N3O2. The number of amides is 1. The summed E-state index contributed by atoms with van der Waals surface area (Å²) in [7, 11) is 1.71. The first-order valence-corrected chi connectivity index (χ1v) is 10.7. The molecule has 0 spiro atoms. The first-order valence-electron chi connectivity index (χ1n) is 10.7. The van der Waals surface area contributed by atoms with Crippen molar-refractivity contribution in [3.63, 3.8) is 0 Å². The maximum absolute atomic E-state index is 13.2. The lowest BCUT2D eigenvalue weighted by atomic mass is 9.95. The quantitative estimate of drug-likeness (QED) is 0.781. The Hall–Kier alpha value is -2.53. The molecule has 0 radical (unpaired) electrons. The number of piperidine rings is 1. The van der Waals surface area contributed by atoms with E-state index < -0.39 is 0 Å². The number of likely N-dealkylation sites (tertiary alicyclic amines) is 1. The highest BCUT2D eigenvalue weighted by molar-refractivity contribution is 5.79. The van der Waals surface area contributed by atoms with Crippen LogP contribution in [0.4, 0.5) is 5.69 Å². The van der Waals surface area contributed by atoms with E-state index in [1.807, 2.05) is 18.2 Å². The van der Waals surface area contributed by atoms with Crippen LogP contribution in [0.5, 0.6) is 5.75 Å². The zero-order valence-electron chi connectivity index (χ0n) is 17.3. The molecular weight excluding hydrogens is 362 g/mol. The molecule has 4 rings (SSSR count). The normalized spacial score (nSPS) is 20.5. The van der Waals surface area contributed by atoms with Crippen LogP contribution in [0, 0.1) is 5.92 Å². The number of carbonyl (C=O) groups is 1. The van der Waals surface area contributed by atoms with Crippen LogP contribution in [0.15, 0.2) is 54.6 Å². The van der Waals surface area contributed by atoms with Crippen molar-refractivity contribution in [3.05, 3.63) is 60.2 Å². The van der Waals surface area contributed by atoms with Crippen molar-refractivity contribution in [2.75, 3.05) is 51.3 Å². The molecule has 2 aliphatic heterocycles. The fourth-order valence-electron chi connectivity index (χ4n) is 4.56. The van der Waals surface area contributed by atoms with E-state index in [1.165, 1.54) is 5.56 Å². The second-order valence-corrected chi connectivity index (χ2v) is 8.04. The Morgan fingerprint density at radius 1 is 0.966 bits per heavy atom. The molecule has 2 heterocycles. The lowest BCUT2D eigenvalue weighted by Crippen LogP contribution is -2.52. The topological polar surface area (TPSA) is 36.0 Å². The van der Waals surface area contributed by atoms with Crippen LogP contribution in [0.2, 0.25) is 0 Å². The number of para-hydroxylation sites is 2. The lowest BCUT2D eigenvalue weighted by molar-refractivity contribution is -0.137. The minimum absolute atomic E-state index is 0.130. The van der Waals surface area contributed by atoms with Gasteiger partial charge >= 0.3 is 0 Å². The standard InChI is InChI=1S/C24H31N3O2/c1-29-23-12-6-5-11-22(23)26-14-16-27(17-15-26)24(28)21-10-7-13-25(19-21)18-20-8-3-2-4-9-20/h2-6,8-9,11-12,21H,7,10,13-19H2,1H3. The second kappa shape index (κ2) is 9.31. The second-order valence-electron chi connectivity index (χ2n) is 8.04. The molecule has 2 fully saturated rings. The molecule has 1 unspecified atom stereocenters. The molecule has 1 atom stereocenters. The van der Waals surface area contributed by atoms with Crippen LogP contribution >= 0.6 is 0 Å². The fraction of sp³-hybridized carbons (Fsp3) is 0.458. The molecule has 154 valence electrons. The van der Waals surface area contributed by atoms with E-state index in [1.54, 1.807) is 7.11 Å². The highest BCUT2D eigenvalue weighted by Crippen LogP contribution is 2.29. The van der Waals surface area contributed by atoms with Gasteiger partial charge < -0.3 is 14.5 Å². The Kier molecular flexibility index (Phi) is 6.35. The number of anilines is 1. The molecule has 0 saturated carbocycles. The number of hydrogen-bond donors (Lipinski definition) is 0. The van der Waals surface area contributed by atoms with Gasteiger partial charge in [-0.15, -0.1) is 0 Å². The number of methoxy groups -OCH3 is 1. The van der Waals surface area contributed by atoms with Crippen LogP contribution < -0.4 is 9.64 Å². The summed E-state index contributed by atoms with van der Waals surface area (Å²) in [5, 5.41) is 0. The highest BCUT2D eigenvalue weighted by atomic mass is 16.5. The molecule has 2 aromatic rings. The van der Waals surface area contributed by atoms with E-state index in [-0.39, 0.29) is 5.92 Å². The summed E-state index contributed by atoms with van der Waals surface area (Å²) < 4.78 is 5.50. The predicted octanol–water partition coefficient (Wildman–Crippen LogP) is 3.26. The summed E-state index contributed by atoms with van der Waals surface area (Å²) in [6.45, 7) is 6.17. The summed E-state index contributed by atoms with van der Waals surface area (Å²) >= 11 is 0. The van der Waals surface area contributed by atoms with Gasteiger partial charge in [-0.1, -0.05) is 42.5 Å². The molecule has 29 heavy (non-hydrogen) atoms. The third-order valence-electron chi connectivity index (χ3n) is 6.12. The van der Waals surface area contributed by atoms with Gasteiger partial charge in [-0.25, -0.2) is 0 Å². The van der Waals surface area contributed by atoms with Gasteiger partial charge in [-0.05, 0) is 37.1 Å². The van der Waals surface area contributed by atoms with Gasteiger partial charge in [-0.2, -0.15) is 0 Å². The van der Waals surface area contributed by atoms with Crippen molar-refractivity contribution in [3.8, 4) is 5.75 Å². The van der Waals surface area contributed by atoms with Crippen molar-refractivity contribution in [1.82, 2.24) is 9.80 Å². The van der Waals surface area contributed by atoms with Gasteiger partial charge in [0.2, 0.25) is 5.91 Å². The third kappa shape index (κ3) is 4.73. The number of carbonyl (C=O) groups excluding carboxylic acids is 1. The fourth-order valence-corrected chi connectivity index (χ4v) is 4.56. The van der Waals surface area contributed by atoms with Crippen LogP contribution in [0.3, 0.4) is 0 Å². The van der Waals surface area contributed by atoms with E-state index in [0.717, 1.165) is 70.1 Å². The molecule has 0 N–H and O–H groups in total. The van der Waals surface area contributed by atoms with Gasteiger partial charge in [0.15, 0.2) is 0 Å². The van der Waals surface area contributed by atoms with E-state index in [2.05, 4.69) is 51.1 Å². The first-order chi connectivity index (χ1) is 14.2. The number of benzene rings is 2. The molecule has 1 amide bonds. The van der Waals surface area contributed by atoms with E-state index >= 15 is 0 Å². The lowest BCUT2D eigenvalue weighted by Gasteiger charge is -2.40. The van der Waals surface area contributed by atoms with Gasteiger partial charge in [0.25, 0.3) is 0 Å². The summed E-state index contributed by atoms with van der Waals surface area (Å²) in [6, 6.07) is 18.7. The van der Waals surface area contributed by atoms with Crippen molar-refractivity contribution in [2.24, 2.45) is 5.92 Å². The van der Waals surface area contributed by atoms with Crippen LogP contribution in [-0.4, -0.2) is 62.1 Å². The zero-order chi connectivity index (χ0) is 20.1. The highest BCUT2D eigenvalue weighted by Gasteiger charge is 2.31. The molecule has 2 aliphatic rings. The van der Waals surface area contributed by atoms with Crippen molar-refractivity contribution >= 4 is 11.6 Å². The predicted molar refractivity (Wildman–Crippen MR) is 116 cm³/mol. The molecule has 5 heteroatoms. The summed E-state index contributed by atoms with van der Waals surface area (Å²) in [4.78, 5) is 20.0. The van der Waals surface area contributed by atoms with Gasteiger partial charge in [-0.3, -0.25) is 9.69 Å². The van der Waals surface area contributed by atoms with Crippen LogP contribution in [0.25, 0.3) is 0 Å². The van der Waals surface area contributed by atoms with E-state index in [0.29, 0.717) is 5.91 Å². The largest absolute Gasteiger partial charge is 0.495 e.